The molecule has 6 nitrogen and oxygen atoms in total. The van der Waals surface area contributed by atoms with Gasteiger partial charge in [0.1, 0.15) is 11.2 Å². The first-order valence-corrected chi connectivity index (χ1v) is 10.0. The van der Waals surface area contributed by atoms with E-state index in [2.05, 4.69) is 16.9 Å². The van der Waals surface area contributed by atoms with E-state index in [0.29, 0.717) is 22.8 Å². The molecule has 2 aromatic heterocycles. The molecular weight excluding hydrogens is 384 g/mol. The fourth-order valence-electron chi connectivity index (χ4n) is 3.36. The van der Waals surface area contributed by atoms with E-state index in [4.69, 9.17) is 11.6 Å². The summed E-state index contributed by atoms with van der Waals surface area (Å²) < 4.78 is 1.90. The lowest BCUT2D eigenvalue weighted by molar-refractivity contribution is -0.132. The van der Waals surface area contributed by atoms with Gasteiger partial charge >= 0.3 is 0 Å². The lowest BCUT2D eigenvalue weighted by atomic mass is 10.1. The molecule has 1 amide bonds. The number of hydrogen-bond acceptors (Lipinski definition) is 5. The molecule has 1 aromatic carbocycles. The van der Waals surface area contributed by atoms with Crippen LogP contribution in [0.25, 0.3) is 10.1 Å². The molecule has 0 atom stereocenters. The Hall–Kier alpha value is -2.38. The Morgan fingerprint density at radius 1 is 1.22 bits per heavy atom. The molecule has 3 heterocycles. The molecule has 4 rings (SSSR count). The number of nitrogens with zero attached hydrogens (tertiary/aromatic N) is 4. The van der Waals surface area contributed by atoms with Crippen LogP contribution in [0.3, 0.4) is 0 Å². The second-order valence-electron chi connectivity index (χ2n) is 6.61. The molecule has 27 heavy (non-hydrogen) atoms. The molecular formula is C19H19ClN4O2S. The van der Waals surface area contributed by atoms with Crippen LogP contribution in [-0.4, -0.2) is 46.8 Å². The summed E-state index contributed by atoms with van der Waals surface area (Å²) in [5, 5.41) is 7.52. The topological polar surface area (TPSA) is 58.4 Å². The summed E-state index contributed by atoms with van der Waals surface area (Å²) in [6, 6.07) is 7.72. The first-order chi connectivity index (χ1) is 13.0. The van der Waals surface area contributed by atoms with Crippen LogP contribution in [0.2, 0.25) is 5.02 Å². The number of benzene rings is 1. The van der Waals surface area contributed by atoms with Crippen LogP contribution in [0.1, 0.15) is 5.56 Å². The van der Waals surface area contributed by atoms with Gasteiger partial charge in [-0.2, -0.15) is 5.10 Å². The van der Waals surface area contributed by atoms with Crippen molar-refractivity contribution in [3.8, 4) is 0 Å². The molecule has 1 aliphatic rings. The molecule has 1 fully saturated rings. The maximum Gasteiger partial charge on any atom is 0.285 e. The number of carbonyl (C=O) groups is 1. The minimum atomic E-state index is -0.205. The fraction of sp³-hybridized carbons (Fsp3) is 0.316. The minimum Gasteiger partial charge on any atom is -0.368 e. The number of rotatable bonds is 3. The van der Waals surface area contributed by atoms with Crippen LogP contribution in [0.5, 0.6) is 0 Å². The molecule has 1 saturated heterocycles. The van der Waals surface area contributed by atoms with Crippen molar-refractivity contribution in [1.29, 1.82) is 0 Å². The smallest absolute Gasteiger partial charge is 0.285 e. The first-order valence-electron chi connectivity index (χ1n) is 8.75. The number of amides is 1. The fourth-order valence-corrected chi connectivity index (χ4v) is 4.34. The Balaban J connectivity index is 1.43. The highest BCUT2D eigenvalue weighted by molar-refractivity contribution is 7.17. The highest BCUT2D eigenvalue weighted by Crippen LogP contribution is 2.25. The van der Waals surface area contributed by atoms with E-state index >= 15 is 0 Å². The third kappa shape index (κ3) is 3.57. The monoisotopic (exact) mass is 402 g/mol. The molecule has 1 aliphatic heterocycles. The molecule has 0 bridgehead atoms. The summed E-state index contributed by atoms with van der Waals surface area (Å²) >= 11 is 7.50. The molecule has 0 N–H and O–H groups in total. The lowest BCUT2D eigenvalue weighted by Crippen LogP contribution is -2.50. The van der Waals surface area contributed by atoms with Gasteiger partial charge in [0, 0.05) is 42.3 Å². The van der Waals surface area contributed by atoms with Crippen LogP contribution < -0.4 is 10.5 Å². The molecule has 8 heteroatoms. The number of hydrogen-bond donors (Lipinski definition) is 0. The third-order valence-corrected chi connectivity index (χ3v) is 6.04. The maximum absolute atomic E-state index is 12.6. The summed E-state index contributed by atoms with van der Waals surface area (Å²) in [7, 11) is 0. The molecule has 0 radical (unpaired) electrons. The van der Waals surface area contributed by atoms with Crippen molar-refractivity contribution in [3.63, 3.8) is 0 Å². The number of aryl methyl sites for hydroxylation is 1. The van der Waals surface area contributed by atoms with Crippen molar-refractivity contribution < 1.29 is 4.79 Å². The van der Waals surface area contributed by atoms with Crippen LogP contribution in [-0.2, 0) is 11.3 Å². The molecule has 140 valence electrons. The van der Waals surface area contributed by atoms with Crippen molar-refractivity contribution in [3.05, 3.63) is 56.8 Å². The zero-order valence-electron chi connectivity index (χ0n) is 14.9. The van der Waals surface area contributed by atoms with Crippen LogP contribution >= 0.6 is 22.9 Å². The Labute approximate surface area is 165 Å². The Kier molecular flexibility index (Phi) is 4.88. The van der Waals surface area contributed by atoms with E-state index in [0.717, 1.165) is 24.2 Å². The van der Waals surface area contributed by atoms with E-state index in [9.17, 15) is 9.59 Å². The number of fused-ring (bicyclic) bond motifs is 1. The van der Waals surface area contributed by atoms with E-state index < -0.39 is 0 Å². The molecule has 3 aromatic rings. The van der Waals surface area contributed by atoms with Crippen molar-refractivity contribution in [2.45, 2.75) is 13.5 Å². The summed E-state index contributed by atoms with van der Waals surface area (Å²) in [6.07, 6.45) is 1.64. The van der Waals surface area contributed by atoms with E-state index in [1.165, 1.54) is 21.6 Å². The van der Waals surface area contributed by atoms with Crippen molar-refractivity contribution in [1.82, 2.24) is 14.7 Å². The SMILES string of the molecule is Cc1ccc(Cl)cc1N1CCN(C(=O)Cn2ncc3ccsc3c2=O)CC1. The molecule has 0 aliphatic carbocycles. The highest BCUT2D eigenvalue weighted by Gasteiger charge is 2.23. The second-order valence-corrected chi connectivity index (χ2v) is 7.96. The summed E-state index contributed by atoms with van der Waals surface area (Å²) in [4.78, 5) is 29.1. The predicted molar refractivity (Wildman–Crippen MR) is 109 cm³/mol. The van der Waals surface area contributed by atoms with E-state index in [1.54, 1.807) is 11.1 Å². The second kappa shape index (κ2) is 7.32. The summed E-state index contributed by atoms with van der Waals surface area (Å²) in [5.41, 5.74) is 2.07. The van der Waals surface area contributed by atoms with Crippen molar-refractivity contribution in [2.24, 2.45) is 0 Å². The number of halogens is 1. The average molecular weight is 403 g/mol. The number of carbonyl (C=O) groups excluding carboxylic acids is 1. The van der Waals surface area contributed by atoms with Crippen LogP contribution in [0.4, 0.5) is 5.69 Å². The number of thiophene rings is 1. The Morgan fingerprint density at radius 2 is 2.00 bits per heavy atom. The van der Waals surface area contributed by atoms with Gasteiger partial charge in [-0.15, -0.1) is 11.3 Å². The van der Waals surface area contributed by atoms with Gasteiger partial charge in [-0.3, -0.25) is 9.59 Å². The molecule has 0 unspecified atom stereocenters. The van der Waals surface area contributed by atoms with Crippen molar-refractivity contribution in [2.75, 3.05) is 31.1 Å². The van der Waals surface area contributed by atoms with Gasteiger partial charge in [0.05, 0.1) is 6.20 Å². The minimum absolute atomic E-state index is 0.0249. The van der Waals surface area contributed by atoms with E-state index in [1.807, 2.05) is 29.6 Å². The largest absolute Gasteiger partial charge is 0.368 e. The molecule has 0 saturated carbocycles. The quantitative estimate of drug-likeness (QED) is 0.676. The number of aromatic nitrogens is 2. The zero-order chi connectivity index (χ0) is 19.0. The predicted octanol–water partition coefficient (Wildman–Crippen LogP) is 2.77. The van der Waals surface area contributed by atoms with Gasteiger partial charge < -0.3 is 9.80 Å². The zero-order valence-corrected chi connectivity index (χ0v) is 16.5. The Morgan fingerprint density at radius 3 is 2.78 bits per heavy atom. The number of piperazine rings is 1. The molecule has 0 spiro atoms. The van der Waals surface area contributed by atoms with Gasteiger partial charge in [0.15, 0.2) is 0 Å². The third-order valence-electron chi connectivity index (χ3n) is 4.89. The summed E-state index contributed by atoms with van der Waals surface area (Å²) in [5.74, 6) is -0.0806. The highest BCUT2D eigenvalue weighted by atomic mass is 35.5. The van der Waals surface area contributed by atoms with Crippen LogP contribution in [0.15, 0.2) is 40.6 Å². The number of anilines is 1. The average Bonchev–Trinajstić information content (AvgIpc) is 3.16. The lowest BCUT2D eigenvalue weighted by Gasteiger charge is -2.36. The van der Waals surface area contributed by atoms with Gasteiger partial charge in [0.25, 0.3) is 5.56 Å². The van der Waals surface area contributed by atoms with E-state index in [-0.39, 0.29) is 18.0 Å². The Bertz CT molecular complexity index is 1050. The maximum atomic E-state index is 12.6. The van der Waals surface area contributed by atoms with Gasteiger partial charge in [0.2, 0.25) is 5.91 Å². The van der Waals surface area contributed by atoms with Crippen molar-refractivity contribution >= 4 is 44.6 Å². The van der Waals surface area contributed by atoms with Crippen LogP contribution in [0, 0.1) is 6.92 Å². The van der Waals surface area contributed by atoms with Gasteiger partial charge in [-0.1, -0.05) is 17.7 Å². The van der Waals surface area contributed by atoms with Gasteiger partial charge in [-0.25, -0.2) is 4.68 Å². The normalized spacial score (nSPS) is 14.7. The van der Waals surface area contributed by atoms with Gasteiger partial charge in [-0.05, 0) is 36.1 Å². The summed E-state index contributed by atoms with van der Waals surface area (Å²) in [6.45, 7) is 4.73. The first kappa shape index (κ1) is 18.0. The standard InChI is InChI=1S/C19H19ClN4O2S/c1-13-2-3-15(20)10-16(13)22-5-7-23(8-6-22)17(25)12-24-19(26)18-14(11-21-24)4-9-27-18/h2-4,9-11H,5-8,12H2,1H3.